The number of aliphatic hydroxyl groups excluding tert-OH is 2. The first-order valence-electron chi connectivity index (χ1n) is 6.79. The van der Waals surface area contributed by atoms with E-state index in [0.717, 1.165) is 26.6 Å². The van der Waals surface area contributed by atoms with Crippen LogP contribution in [0.3, 0.4) is 0 Å². The summed E-state index contributed by atoms with van der Waals surface area (Å²) in [5, 5.41) is 26.1. The molecule has 3 rings (SSSR count). The molecule has 0 saturated heterocycles. The molecule has 3 N–H and O–H groups in total. The Balaban J connectivity index is 2.06. The van der Waals surface area contributed by atoms with Gasteiger partial charge in [-0.05, 0) is 0 Å². The third-order valence-corrected chi connectivity index (χ3v) is 3.92. The predicted molar refractivity (Wildman–Crippen MR) is 86.1 cm³/mol. The minimum absolute atomic E-state index is 0.239. The molecule has 0 aliphatic rings. The Kier molecular flexibility index (Phi) is 4.43. The molecule has 6 nitrogen and oxygen atoms in total. The van der Waals surface area contributed by atoms with Crippen LogP contribution in [-0.4, -0.2) is 61.6 Å². The Morgan fingerprint density at radius 2 is 2.00 bits per heavy atom. The van der Waals surface area contributed by atoms with Crippen LogP contribution in [0.15, 0.2) is 36.5 Å². The molecule has 1 unspecified atom stereocenters. The first-order chi connectivity index (χ1) is 10.7. The van der Waals surface area contributed by atoms with Crippen LogP contribution in [0, 0.1) is 0 Å². The normalized spacial score (nSPS) is 11.3. The van der Waals surface area contributed by atoms with E-state index in [1.54, 1.807) is 6.20 Å². The van der Waals surface area contributed by atoms with E-state index in [0.29, 0.717) is 5.75 Å². The van der Waals surface area contributed by atoms with Crippen molar-refractivity contribution in [2.75, 3.05) is 13.2 Å². The summed E-state index contributed by atoms with van der Waals surface area (Å²) in [6.45, 7) is -0.479. The summed E-state index contributed by atoms with van der Waals surface area (Å²) in [6, 6.07) is 9.57. The zero-order valence-electron chi connectivity index (χ0n) is 11.7. The number of rotatable bonds is 5. The van der Waals surface area contributed by atoms with Crippen LogP contribution in [0.25, 0.3) is 22.2 Å². The molecular formula is C15H16AsN3O3. The number of nitrogens with one attached hydrogen (secondary N) is 1. The van der Waals surface area contributed by atoms with E-state index in [1.807, 2.05) is 30.3 Å². The van der Waals surface area contributed by atoms with Gasteiger partial charge < -0.3 is 0 Å². The summed E-state index contributed by atoms with van der Waals surface area (Å²) in [5.74, 6) is 0.619. The van der Waals surface area contributed by atoms with E-state index < -0.39 is 6.10 Å². The number of hydrogen-bond donors (Lipinski definition) is 3. The topological polar surface area (TPSA) is 91.3 Å². The zero-order chi connectivity index (χ0) is 15.5. The first-order valence-corrected chi connectivity index (χ1v) is 8.01. The number of benzene rings is 1. The van der Waals surface area contributed by atoms with Crippen LogP contribution >= 0.6 is 0 Å². The number of aliphatic hydroxyl groups is 2. The summed E-state index contributed by atoms with van der Waals surface area (Å²) in [6.07, 6.45) is 1.07. The molecule has 1 aromatic carbocycles. The van der Waals surface area contributed by atoms with Gasteiger partial charge in [-0.25, -0.2) is 0 Å². The van der Waals surface area contributed by atoms with Crippen molar-refractivity contribution in [3.63, 3.8) is 0 Å². The van der Waals surface area contributed by atoms with Crippen molar-refractivity contribution < 1.29 is 14.9 Å². The van der Waals surface area contributed by atoms with Crippen molar-refractivity contribution in [2.24, 2.45) is 0 Å². The molecule has 22 heavy (non-hydrogen) atoms. The maximum atomic E-state index is 9.19. The molecule has 0 aliphatic heterocycles. The molecule has 2 heterocycles. The number of H-pyrrole nitrogens is 1. The van der Waals surface area contributed by atoms with E-state index in [1.165, 1.54) is 16.9 Å². The van der Waals surface area contributed by atoms with Crippen molar-refractivity contribution in [3.05, 3.63) is 36.5 Å². The van der Waals surface area contributed by atoms with Gasteiger partial charge in [-0.2, -0.15) is 0 Å². The Bertz CT molecular complexity index is 773. The fourth-order valence-corrected chi connectivity index (χ4v) is 2.82. The monoisotopic (exact) mass is 361 g/mol. The van der Waals surface area contributed by atoms with E-state index in [-0.39, 0.29) is 13.2 Å². The molecule has 0 spiro atoms. The minimum atomic E-state index is -0.634. The van der Waals surface area contributed by atoms with E-state index >= 15 is 0 Å². The van der Waals surface area contributed by atoms with Gasteiger partial charge in [0.1, 0.15) is 0 Å². The fraction of sp³-hybridized carbons (Fsp3) is 0.200. The summed E-state index contributed by atoms with van der Waals surface area (Å²) in [7, 11) is 0. The van der Waals surface area contributed by atoms with Crippen molar-refractivity contribution in [1.82, 2.24) is 15.2 Å². The summed E-state index contributed by atoms with van der Waals surface area (Å²) >= 11 is 1.38. The average molecular weight is 361 g/mol. The summed E-state index contributed by atoms with van der Waals surface area (Å²) in [4.78, 5) is 4.55. The van der Waals surface area contributed by atoms with Crippen molar-refractivity contribution in [3.8, 4) is 17.0 Å². The average Bonchev–Trinajstić information content (AvgIpc) is 3.06. The van der Waals surface area contributed by atoms with Gasteiger partial charge in [0, 0.05) is 0 Å². The van der Waals surface area contributed by atoms with Gasteiger partial charge in [0.25, 0.3) is 0 Å². The number of ether oxygens (including phenoxy) is 1. The molecule has 2 aromatic heterocycles. The van der Waals surface area contributed by atoms with Crippen molar-refractivity contribution in [1.29, 1.82) is 0 Å². The molecule has 114 valence electrons. The van der Waals surface area contributed by atoms with E-state index in [2.05, 4.69) is 15.2 Å². The molecule has 0 amide bonds. The van der Waals surface area contributed by atoms with Crippen LogP contribution in [0.2, 0.25) is 0 Å². The number of aromatic amines is 1. The number of nitrogens with zero attached hydrogens (tertiary/aromatic N) is 2. The van der Waals surface area contributed by atoms with Gasteiger partial charge >= 0.3 is 135 Å². The van der Waals surface area contributed by atoms with Crippen LogP contribution in [0.1, 0.15) is 0 Å². The van der Waals surface area contributed by atoms with E-state index in [9.17, 15) is 10.2 Å². The number of fused-ring (bicyclic) bond motifs is 1. The number of hydrogen-bond acceptors (Lipinski definition) is 5. The molecule has 0 fully saturated rings. The van der Waals surface area contributed by atoms with Crippen molar-refractivity contribution >= 4 is 32.2 Å². The Morgan fingerprint density at radius 1 is 1.18 bits per heavy atom. The van der Waals surface area contributed by atoms with Gasteiger partial charge in [0.05, 0.1) is 0 Å². The molecule has 0 aliphatic carbocycles. The fourth-order valence-electron chi connectivity index (χ4n) is 2.21. The SMILES string of the molecule is OCC(CO)Oc1cc([AsH2])nc2cc(-c3ccn[nH]3)ccc12. The maximum absolute atomic E-state index is 9.19. The van der Waals surface area contributed by atoms with Gasteiger partial charge in [-0.1, -0.05) is 0 Å². The standard InChI is InChI=1S/C15H16AsN3O3/c16-15-6-14(22-10(7-20)8-21)11-2-1-9(5-13(11)18-15)12-3-4-17-19-12/h1-6,10,20-21H,7-8,16H2,(H,17,19). The van der Waals surface area contributed by atoms with Crippen LogP contribution in [0.4, 0.5) is 0 Å². The second-order valence-electron chi connectivity index (χ2n) is 4.85. The molecule has 3 aromatic rings. The zero-order valence-corrected chi connectivity index (χ0v) is 14.2. The summed E-state index contributed by atoms with van der Waals surface area (Å²) < 4.78 is 6.55. The second kappa shape index (κ2) is 6.48. The van der Waals surface area contributed by atoms with E-state index in [4.69, 9.17) is 4.74 Å². The molecule has 0 bridgehead atoms. The molecule has 7 heteroatoms. The Hall–Kier alpha value is -1.88. The molecular weight excluding hydrogens is 345 g/mol. The number of pyridine rings is 1. The molecule has 0 saturated carbocycles. The summed E-state index contributed by atoms with van der Waals surface area (Å²) in [5.41, 5.74) is 2.71. The third-order valence-electron chi connectivity index (χ3n) is 3.30. The molecule has 0 radical (unpaired) electrons. The first kappa shape index (κ1) is 15.0. The quantitative estimate of drug-likeness (QED) is 0.539. The Morgan fingerprint density at radius 3 is 2.68 bits per heavy atom. The van der Waals surface area contributed by atoms with Gasteiger partial charge in [0.2, 0.25) is 0 Å². The number of aromatic nitrogens is 3. The van der Waals surface area contributed by atoms with Crippen LogP contribution < -0.4 is 9.22 Å². The predicted octanol–water partition coefficient (Wildman–Crippen LogP) is -0.385. The van der Waals surface area contributed by atoms with Gasteiger partial charge in [0.15, 0.2) is 0 Å². The van der Waals surface area contributed by atoms with Gasteiger partial charge in [-0.3, -0.25) is 0 Å². The third kappa shape index (κ3) is 2.99. The molecule has 1 atom stereocenters. The van der Waals surface area contributed by atoms with Crippen LogP contribution in [0.5, 0.6) is 5.75 Å². The van der Waals surface area contributed by atoms with Gasteiger partial charge in [-0.15, -0.1) is 0 Å². The second-order valence-corrected chi connectivity index (χ2v) is 6.09. The van der Waals surface area contributed by atoms with Crippen molar-refractivity contribution in [2.45, 2.75) is 6.10 Å². The Labute approximate surface area is 135 Å². The van der Waals surface area contributed by atoms with Crippen LogP contribution in [-0.2, 0) is 0 Å².